The van der Waals surface area contributed by atoms with E-state index in [2.05, 4.69) is 5.32 Å². The highest BCUT2D eigenvalue weighted by Gasteiger charge is 2.39. The van der Waals surface area contributed by atoms with Gasteiger partial charge in [-0.2, -0.15) is 0 Å². The maximum atomic E-state index is 12.3. The van der Waals surface area contributed by atoms with E-state index in [9.17, 15) is 4.79 Å². The molecule has 0 aromatic carbocycles. The van der Waals surface area contributed by atoms with Gasteiger partial charge in [0.2, 0.25) is 5.76 Å². The van der Waals surface area contributed by atoms with Gasteiger partial charge >= 0.3 is 0 Å². The number of amides is 1. The molecule has 0 aliphatic carbocycles. The lowest BCUT2D eigenvalue weighted by molar-refractivity contribution is 0.0674. The summed E-state index contributed by atoms with van der Waals surface area (Å²) in [6.45, 7) is 1.85. The molecule has 0 spiro atoms. The van der Waals surface area contributed by atoms with Crippen molar-refractivity contribution < 1.29 is 9.21 Å². The van der Waals surface area contributed by atoms with E-state index < -0.39 is 0 Å². The maximum absolute atomic E-state index is 12.3. The third kappa shape index (κ3) is 1.85. The smallest absolute Gasteiger partial charge is 0.291 e. The minimum atomic E-state index is -0.0730. The molecule has 2 aliphatic heterocycles. The molecule has 2 saturated heterocycles. The highest BCUT2D eigenvalue weighted by Crippen LogP contribution is 2.28. The van der Waals surface area contributed by atoms with Gasteiger partial charge in [-0.25, -0.2) is 0 Å². The molecule has 3 rings (SSSR count). The number of fused-ring (bicyclic) bond motifs is 1. The van der Waals surface area contributed by atoms with E-state index in [1.165, 1.54) is 6.26 Å². The Kier molecular flexibility index (Phi) is 2.84. The average molecular weight is 255 g/mol. The molecule has 5 heteroatoms. The number of furan rings is 1. The van der Waals surface area contributed by atoms with Gasteiger partial charge in [-0.1, -0.05) is 11.6 Å². The summed E-state index contributed by atoms with van der Waals surface area (Å²) in [4.78, 5) is 14.2. The van der Waals surface area contributed by atoms with Crippen LogP contribution in [0, 0.1) is 0 Å². The lowest BCUT2D eigenvalue weighted by atomic mass is 9.99. The number of hydrogen-bond donors (Lipinski definition) is 1. The van der Waals surface area contributed by atoms with E-state index in [-0.39, 0.29) is 11.7 Å². The number of carbonyl (C=O) groups is 1. The Hall–Kier alpha value is -1.00. The summed E-state index contributed by atoms with van der Waals surface area (Å²) in [5.41, 5.74) is 0. The van der Waals surface area contributed by atoms with Gasteiger partial charge in [-0.3, -0.25) is 4.79 Å². The lowest BCUT2D eigenvalue weighted by Crippen LogP contribution is -2.48. The summed E-state index contributed by atoms with van der Waals surface area (Å²) >= 11 is 5.93. The number of nitrogens with zero attached hydrogens (tertiary/aromatic N) is 1. The molecular formula is C12H15ClN2O2. The molecule has 4 nitrogen and oxygen atoms in total. The zero-order valence-electron chi connectivity index (χ0n) is 9.49. The summed E-state index contributed by atoms with van der Waals surface area (Å²) in [6.07, 6.45) is 4.68. The fourth-order valence-corrected chi connectivity index (χ4v) is 3.05. The minimum Gasteiger partial charge on any atom is -0.458 e. The summed E-state index contributed by atoms with van der Waals surface area (Å²) in [5, 5.41) is 3.87. The van der Waals surface area contributed by atoms with Crippen molar-refractivity contribution in [3.63, 3.8) is 0 Å². The van der Waals surface area contributed by atoms with Crippen molar-refractivity contribution in [3.05, 3.63) is 23.1 Å². The van der Waals surface area contributed by atoms with E-state index in [0.29, 0.717) is 17.1 Å². The van der Waals surface area contributed by atoms with Crippen LogP contribution in [0.1, 0.15) is 29.8 Å². The first-order chi connectivity index (χ1) is 8.27. The molecule has 0 radical (unpaired) electrons. The predicted octanol–water partition coefficient (Wildman–Crippen LogP) is 1.90. The maximum Gasteiger partial charge on any atom is 0.291 e. The molecule has 1 N–H and O–H groups in total. The molecule has 2 aliphatic rings. The summed E-state index contributed by atoms with van der Waals surface area (Å²) in [6, 6.07) is 2.36. The highest BCUT2D eigenvalue weighted by atomic mass is 35.5. The zero-order valence-corrected chi connectivity index (χ0v) is 10.2. The van der Waals surface area contributed by atoms with Crippen LogP contribution in [0.5, 0.6) is 0 Å². The van der Waals surface area contributed by atoms with Crippen molar-refractivity contribution in [2.24, 2.45) is 0 Å². The van der Waals surface area contributed by atoms with Gasteiger partial charge in [0.1, 0.15) is 0 Å². The molecule has 2 fully saturated rings. The van der Waals surface area contributed by atoms with E-state index in [1.807, 2.05) is 4.90 Å². The summed E-state index contributed by atoms with van der Waals surface area (Å²) < 4.78 is 5.17. The second-order valence-electron chi connectivity index (χ2n) is 4.66. The van der Waals surface area contributed by atoms with Crippen LogP contribution in [-0.2, 0) is 0 Å². The molecule has 1 amide bonds. The topological polar surface area (TPSA) is 45.5 Å². The molecule has 17 heavy (non-hydrogen) atoms. The molecule has 92 valence electrons. The fraction of sp³-hybridized carbons (Fsp3) is 0.583. The van der Waals surface area contributed by atoms with E-state index in [4.69, 9.17) is 16.0 Å². The second kappa shape index (κ2) is 4.35. The van der Waals surface area contributed by atoms with E-state index in [1.54, 1.807) is 6.07 Å². The Morgan fingerprint density at radius 3 is 3.18 bits per heavy atom. The number of carbonyl (C=O) groups excluding carboxylic acids is 1. The lowest BCUT2D eigenvalue weighted by Gasteiger charge is -2.31. The number of rotatable bonds is 1. The van der Waals surface area contributed by atoms with E-state index >= 15 is 0 Å². The van der Waals surface area contributed by atoms with Gasteiger partial charge in [0.05, 0.1) is 11.3 Å². The standard InChI is InChI=1S/C12H15ClN2O2/c13-8-4-7-17-11(8)12(16)15-6-3-9-10(15)2-1-5-14-9/h4,7,9-10,14H,1-3,5-6H2. The molecular weight excluding hydrogens is 240 g/mol. The quantitative estimate of drug-likeness (QED) is 0.833. The number of likely N-dealkylation sites (tertiary alicyclic amines) is 1. The third-order valence-corrected chi connectivity index (χ3v) is 4.00. The Morgan fingerprint density at radius 2 is 2.41 bits per heavy atom. The van der Waals surface area contributed by atoms with Crippen LogP contribution in [0.4, 0.5) is 0 Å². The van der Waals surface area contributed by atoms with Crippen LogP contribution in [0.25, 0.3) is 0 Å². The first-order valence-corrected chi connectivity index (χ1v) is 6.42. The Morgan fingerprint density at radius 1 is 1.53 bits per heavy atom. The van der Waals surface area contributed by atoms with Crippen LogP contribution < -0.4 is 5.32 Å². The first-order valence-electron chi connectivity index (χ1n) is 6.05. The second-order valence-corrected chi connectivity index (χ2v) is 5.06. The van der Waals surface area contributed by atoms with E-state index in [0.717, 1.165) is 32.4 Å². The van der Waals surface area contributed by atoms with Gasteiger partial charge in [0, 0.05) is 18.6 Å². The van der Waals surface area contributed by atoms with Crippen LogP contribution in [0.2, 0.25) is 5.02 Å². The predicted molar refractivity (Wildman–Crippen MR) is 64.2 cm³/mol. The fourth-order valence-electron chi connectivity index (χ4n) is 2.88. The molecule has 1 aromatic heterocycles. The molecule has 0 saturated carbocycles. The van der Waals surface area contributed by atoms with Crippen LogP contribution in [0.15, 0.2) is 16.7 Å². The number of hydrogen-bond acceptors (Lipinski definition) is 3. The SMILES string of the molecule is O=C(c1occc1Cl)N1CCC2NCCCC21. The minimum absolute atomic E-state index is 0.0730. The van der Waals surface area contributed by atoms with Crippen molar-refractivity contribution in [2.75, 3.05) is 13.1 Å². The molecule has 2 unspecified atom stereocenters. The van der Waals surface area contributed by atoms with Crippen molar-refractivity contribution in [1.29, 1.82) is 0 Å². The summed E-state index contributed by atoms with van der Waals surface area (Å²) in [5.74, 6) is 0.203. The van der Waals surface area contributed by atoms with Gasteiger partial charge < -0.3 is 14.6 Å². The normalized spacial score (nSPS) is 28.2. The van der Waals surface area contributed by atoms with Crippen LogP contribution in [-0.4, -0.2) is 36.0 Å². The Balaban J connectivity index is 1.81. The van der Waals surface area contributed by atoms with Gasteiger partial charge in [0.25, 0.3) is 5.91 Å². The average Bonchev–Trinajstić information content (AvgIpc) is 2.94. The van der Waals surface area contributed by atoms with Crippen molar-refractivity contribution in [1.82, 2.24) is 10.2 Å². The van der Waals surface area contributed by atoms with Gasteiger partial charge in [-0.15, -0.1) is 0 Å². The number of halogens is 1. The molecule has 0 bridgehead atoms. The Bertz CT molecular complexity index is 432. The van der Waals surface area contributed by atoms with Crippen molar-refractivity contribution >= 4 is 17.5 Å². The monoisotopic (exact) mass is 254 g/mol. The molecule has 1 aromatic rings. The first kappa shape index (κ1) is 11.1. The van der Waals surface area contributed by atoms with Gasteiger partial charge in [-0.05, 0) is 31.9 Å². The van der Waals surface area contributed by atoms with Crippen LogP contribution >= 0.6 is 11.6 Å². The number of piperidine rings is 1. The van der Waals surface area contributed by atoms with Crippen molar-refractivity contribution in [2.45, 2.75) is 31.3 Å². The third-order valence-electron chi connectivity index (χ3n) is 3.70. The largest absolute Gasteiger partial charge is 0.458 e. The molecule has 3 heterocycles. The number of nitrogens with one attached hydrogen (secondary N) is 1. The van der Waals surface area contributed by atoms with Crippen LogP contribution in [0.3, 0.4) is 0 Å². The molecule has 2 atom stereocenters. The summed E-state index contributed by atoms with van der Waals surface area (Å²) in [7, 11) is 0. The zero-order chi connectivity index (χ0) is 11.8. The van der Waals surface area contributed by atoms with Crippen molar-refractivity contribution in [3.8, 4) is 0 Å². The Labute approximate surface area is 105 Å². The van der Waals surface area contributed by atoms with Gasteiger partial charge in [0.15, 0.2) is 0 Å². The highest BCUT2D eigenvalue weighted by molar-refractivity contribution is 6.33.